The van der Waals surface area contributed by atoms with Crippen molar-refractivity contribution in [3.8, 4) is 5.69 Å². The minimum atomic E-state index is -0.400. The summed E-state index contributed by atoms with van der Waals surface area (Å²) in [6, 6.07) is 6.11. The zero-order valence-electron chi connectivity index (χ0n) is 14.5. The number of aliphatic hydroxyl groups is 1. The number of rotatable bonds is 5. The average Bonchev–Trinajstić information content (AvgIpc) is 2.88. The number of carbonyl (C=O) groups excluding carboxylic acids is 1. The van der Waals surface area contributed by atoms with Crippen molar-refractivity contribution in [2.75, 3.05) is 6.61 Å². The second kappa shape index (κ2) is 7.13. The van der Waals surface area contributed by atoms with Gasteiger partial charge in [0.15, 0.2) is 0 Å². The van der Waals surface area contributed by atoms with E-state index in [9.17, 15) is 14.3 Å². The van der Waals surface area contributed by atoms with Crippen LogP contribution in [0.1, 0.15) is 43.2 Å². The minimum absolute atomic E-state index is 0.00428. The SMILES string of the molecule is Cc1c(C(=O)NC(CCO)C(C)(C)C)cnn1-c1ccccc1F. The molecule has 5 nitrogen and oxygen atoms in total. The normalized spacial score (nSPS) is 12.9. The number of nitrogens with one attached hydrogen (secondary N) is 1. The molecule has 1 amide bonds. The lowest BCUT2D eigenvalue weighted by molar-refractivity contribution is 0.0884. The fourth-order valence-corrected chi connectivity index (χ4v) is 2.59. The van der Waals surface area contributed by atoms with Crippen molar-refractivity contribution in [3.63, 3.8) is 0 Å². The first-order valence-corrected chi connectivity index (χ1v) is 7.97. The second-order valence-electron chi connectivity index (χ2n) is 6.91. The number of hydrogen-bond acceptors (Lipinski definition) is 3. The summed E-state index contributed by atoms with van der Waals surface area (Å²) < 4.78 is 15.4. The van der Waals surface area contributed by atoms with Crippen LogP contribution in [0.25, 0.3) is 5.69 Å². The van der Waals surface area contributed by atoms with E-state index in [-0.39, 0.29) is 24.0 Å². The molecule has 0 aliphatic heterocycles. The van der Waals surface area contributed by atoms with Crippen LogP contribution in [-0.2, 0) is 0 Å². The predicted octanol–water partition coefficient (Wildman–Crippen LogP) is 2.85. The predicted molar refractivity (Wildman–Crippen MR) is 90.7 cm³/mol. The Morgan fingerprint density at radius 2 is 2.04 bits per heavy atom. The van der Waals surface area contributed by atoms with Gasteiger partial charge in [-0.1, -0.05) is 32.9 Å². The quantitative estimate of drug-likeness (QED) is 0.884. The van der Waals surface area contributed by atoms with Gasteiger partial charge in [0.2, 0.25) is 0 Å². The summed E-state index contributed by atoms with van der Waals surface area (Å²) in [6.45, 7) is 7.73. The molecular weight excluding hydrogens is 309 g/mol. The molecule has 1 atom stereocenters. The van der Waals surface area contributed by atoms with Gasteiger partial charge in [-0.15, -0.1) is 0 Å². The van der Waals surface area contributed by atoms with Gasteiger partial charge in [0.05, 0.1) is 17.5 Å². The van der Waals surface area contributed by atoms with Crippen LogP contribution in [0.15, 0.2) is 30.5 Å². The highest BCUT2D eigenvalue weighted by atomic mass is 19.1. The van der Waals surface area contributed by atoms with Gasteiger partial charge in [-0.3, -0.25) is 4.79 Å². The van der Waals surface area contributed by atoms with Crippen LogP contribution in [0.4, 0.5) is 4.39 Å². The smallest absolute Gasteiger partial charge is 0.254 e. The number of aliphatic hydroxyl groups excluding tert-OH is 1. The molecule has 0 saturated carbocycles. The van der Waals surface area contributed by atoms with E-state index in [2.05, 4.69) is 10.4 Å². The molecule has 0 bridgehead atoms. The van der Waals surface area contributed by atoms with Gasteiger partial charge >= 0.3 is 0 Å². The lowest BCUT2D eigenvalue weighted by atomic mass is 9.85. The maximum Gasteiger partial charge on any atom is 0.254 e. The molecule has 1 aromatic heterocycles. The molecule has 0 spiro atoms. The van der Waals surface area contributed by atoms with Crippen molar-refractivity contribution in [3.05, 3.63) is 47.5 Å². The van der Waals surface area contributed by atoms with E-state index in [1.54, 1.807) is 25.1 Å². The third kappa shape index (κ3) is 3.82. The monoisotopic (exact) mass is 333 g/mol. The van der Waals surface area contributed by atoms with Crippen LogP contribution in [0.2, 0.25) is 0 Å². The highest BCUT2D eigenvalue weighted by Crippen LogP contribution is 2.23. The second-order valence-corrected chi connectivity index (χ2v) is 6.91. The van der Waals surface area contributed by atoms with Crippen molar-refractivity contribution in [1.82, 2.24) is 15.1 Å². The summed E-state index contributed by atoms with van der Waals surface area (Å²) in [4.78, 5) is 12.6. The van der Waals surface area contributed by atoms with Gasteiger partial charge in [-0.25, -0.2) is 9.07 Å². The van der Waals surface area contributed by atoms with Crippen molar-refractivity contribution in [2.24, 2.45) is 5.41 Å². The summed E-state index contributed by atoms with van der Waals surface area (Å²) in [5.74, 6) is -0.674. The van der Waals surface area contributed by atoms with Crippen LogP contribution >= 0.6 is 0 Å². The summed E-state index contributed by atoms with van der Waals surface area (Å²) in [7, 11) is 0. The number of hydrogen-bond donors (Lipinski definition) is 2. The van der Waals surface area contributed by atoms with Gasteiger partial charge < -0.3 is 10.4 Å². The fraction of sp³-hybridized carbons (Fsp3) is 0.444. The molecule has 6 heteroatoms. The van der Waals surface area contributed by atoms with E-state index < -0.39 is 5.82 Å². The van der Waals surface area contributed by atoms with E-state index in [1.807, 2.05) is 20.8 Å². The number of amides is 1. The Hall–Kier alpha value is -2.21. The Kier molecular flexibility index (Phi) is 5.39. The Balaban J connectivity index is 2.27. The summed E-state index contributed by atoms with van der Waals surface area (Å²) in [6.07, 6.45) is 1.91. The van der Waals surface area contributed by atoms with E-state index in [1.165, 1.54) is 16.9 Å². The van der Waals surface area contributed by atoms with Gasteiger partial charge in [0.1, 0.15) is 11.5 Å². The molecule has 1 unspecified atom stereocenters. The van der Waals surface area contributed by atoms with Crippen LogP contribution in [0, 0.1) is 18.2 Å². The third-order valence-corrected chi connectivity index (χ3v) is 4.10. The molecule has 2 N–H and O–H groups in total. The fourth-order valence-electron chi connectivity index (χ4n) is 2.59. The van der Waals surface area contributed by atoms with Crippen molar-refractivity contribution in [1.29, 1.82) is 0 Å². The molecule has 24 heavy (non-hydrogen) atoms. The maximum atomic E-state index is 13.9. The van der Waals surface area contributed by atoms with Gasteiger partial charge in [0, 0.05) is 12.6 Å². The van der Waals surface area contributed by atoms with Crippen LogP contribution in [0.5, 0.6) is 0 Å². The molecule has 0 saturated heterocycles. The molecule has 0 radical (unpaired) electrons. The number of nitrogens with zero attached hydrogens (tertiary/aromatic N) is 2. The molecule has 2 aromatic rings. The average molecular weight is 333 g/mol. The van der Waals surface area contributed by atoms with Crippen LogP contribution in [0.3, 0.4) is 0 Å². The third-order valence-electron chi connectivity index (χ3n) is 4.10. The van der Waals surface area contributed by atoms with E-state index >= 15 is 0 Å². The first-order valence-electron chi connectivity index (χ1n) is 7.97. The van der Waals surface area contributed by atoms with Gasteiger partial charge in [-0.05, 0) is 30.9 Å². The van der Waals surface area contributed by atoms with E-state index in [0.717, 1.165) is 0 Å². The van der Waals surface area contributed by atoms with E-state index in [0.29, 0.717) is 23.4 Å². The lowest BCUT2D eigenvalue weighted by Crippen LogP contribution is -2.44. The van der Waals surface area contributed by atoms with Crippen molar-refractivity contribution < 1.29 is 14.3 Å². The highest BCUT2D eigenvalue weighted by molar-refractivity contribution is 5.95. The molecule has 1 aromatic carbocycles. The standard InChI is InChI=1S/C18H24FN3O2/c1-12-13(17(24)21-16(9-10-23)18(2,3)4)11-20-22(12)15-8-6-5-7-14(15)19/h5-8,11,16,23H,9-10H2,1-4H3,(H,21,24). The van der Waals surface area contributed by atoms with Gasteiger partial charge in [-0.2, -0.15) is 5.10 Å². The molecular formula is C18H24FN3O2. The molecule has 130 valence electrons. The van der Waals surface area contributed by atoms with E-state index in [4.69, 9.17) is 0 Å². The number of halogens is 1. The number of aromatic nitrogens is 2. The highest BCUT2D eigenvalue weighted by Gasteiger charge is 2.27. The Morgan fingerprint density at radius 1 is 1.38 bits per heavy atom. The zero-order chi connectivity index (χ0) is 17.9. The topological polar surface area (TPSA) is 67.2 Å². The molecule has 0 fully saturated rings. The molecule has 2 rings (SSSR count). The van der Waals surface area contributed by atoms with Crippen molar-refractivity contribution >= 4 is 5.91 Å². The Morgan fingerprint density at radius 3 is 2.62 bits per heavy atom. The lowest BCUT2D eigenvalue weighted by Gasteiger charge is -2.31. The number of para-hydroxylation sites is 1. The van der Waals surface area contributed by atoms with Gasteiger partial charge in [0.25, 0.3) is 5.91 Å². The molecule has 1 heterocycles. The Labute approximate surface area is 141 Å². The first-order chi connectivity index (χ1) is 11.3. The number of carbonyl (C=O) groups is 1. The van der Waals surface area contributed by atoms with Crippen LogP contribution in [-0.4, -0.2) is 33.4 Å². The largest absolute Gasteiger partial charge is 0.396 e. The molecule has 0 aliphatic rings. The minimum Gasteiger partial charge on any atom is -0.396 e. The zero-order valence-corrected chi connectivity index (χ0v) is 14.5. The molecule has 0 aliphatic carbocycles. The Bertz CT molecular complexity index is 719. The summed E-state index contributed by atoms with van der Waals surface area (Å²) in [5, 5.41) is 16.3. The van der Waals surface area contributed by atoms with Crippen LogP contribution < -0.4 is 5.32 Å². The maximum absolute atomic E-state index is 13.9. The summed E-state index contributed by atoms with van der Waals surface area (Å²) in [5.41, 5.74) is 1.07. The van der Waals surface area contributed by atoms with Crippen molar-refractivity contribution in [2.45, 2.75) is 40.2 Å². The first kappa shape index (κ1) is 18.1. The number of benzene rings is 1. The summed E-state index contributed by atoms with van der Waals surface area (Å²) >= 11 is 0.